The Morgan fingerprint density at radius 3 is 3.00 bits per heavy atom. The van der Waals surface area contributed by atoms with E-state index in [-0.39, 0.29) is 5.69 Å². The minimum atomic E-state index is -0.433. The number of hydrogen-bond acceptors (Lipinski definition) is 5. The summed E-state index contributed by atoms with van der Waals surface area (Å²) in [6.45, 7) is 1.25. The van der Waals surface area contributed by atoms with E-state index < -0.39 is 4.92 Å². The van der Waals surface area contributed by atoms with E-state index in [9.17, 15) is 10.1 Å². The van der Waals surface area contributed by atoms with Gasteiger partial charge in [0.1, 0.15) is 0 Å². The second kappa shape index (κ2) is 6.49. The number of benzene rings is 1. The van der Waals surface area contributed by atoms with Crippen molar-refractivity contribution in [2.24, 2.45) is 0 Å². The summed E-state index contributed by atoms with van der Waals surface area (Å²) in [6.07, 6.45) is 3.52. The van der Waals surface area contributed by atoms with Crippen molar-refractivity contribution >= 4 is 33.0 Å². The molecule has 0 aliphatic heterocycles. The highest BCUT2D eigenvalue weighted by Gasteiger charge is 2.09. The third kappa shape index (κ3) is 3.55. The van der Waals surface area contributed by atoms with E-state index in [1.165, 1.54) is 12.1 Å². The normalized spacial score (nSPS) is 10.5. The van der Waals surface area contributed by atoms with Crippen LogP contribution in [-0.2, 0) is 11.3 Å². The number of nitro benzene ring substituents is 1. The summed E-state index contributed by atoms with van der Waals surface area (Å²) in [7, 11) is 1.64. The fraction of sp³-hybridized carbons (Fsp3) is 0.250. The molecule has 0 aliphatic carbocycles. The molecule has 106 valence electrons. The molecule has 0 saturated heterocycles. The molecule has 7 nitrogen and oxygen atoms in total. The largest absolute Gasteiger partial charge is 0.383 e. The number of nitrogens with one attached hydrogen (secondary N) is 1. The number of methoxy groups -OCH3 is 1. The Morgan fingerprint density at radius 2 is 2.35 bits per heavy atom. The molecular weight excluding hydrogens is 328 g/mol. The molecular formula is C12H13BrN4O3. The van der Waals surface area contributed by atoms with Crippen molar-refractivity contribution in [3.05, 3.63) is 45.2 Å². The summed E-state index contributed by atoms with van der Waals surface area (Å²) in [5.74, 6) is 0. The molecule has 0 unspecified atom stereocenters. The molecule has 0 atom stereocenters. The molecule has 1 aromatic carbocycles. The van der Waals surface area contributed by atoms with Gasteiger partial charge in [0.05, 0.1) is 35.6 Å². The van der Waals surface area contributed by atoms with Gasteiger partial charge in [-0.3, -0.25) is 14.8 Å². The lowest BCUT2D eigenvalue weighted by atomic mass is 10.3. The highest BCUT2D eigenvalue weighted by Crippen LogP contribution is 2.29. The number of rotatable bonds is 6. The predicted molar refractivity (Wildman–Crippen MR) is 78.2 cm³/mol. The lowest BCUT2D eigenvalue weighted by molar-refractivity contribution is -0.384. The summed E-state index contributed by atoms with van der Waals surface area (Å²) in [4.78, 5) is 10.2. The SMILES string of the molecule is COCCn1cc(Nc2ccc([N+](=O)[O-])cc2Br)cn1. The number of anilines is 2. The van der Waals surface area contributed by atoms with Crippen LogP contribution in [0.3, 0.4) is 0 Å². The van der Waals surface area contributed by atoms with E-state index in [4.69, 9.17) is 4.74 Å². The molecule has 0 amide bonds. The maximum atomic E-state index is 10.7. The van der Waals surface area contributed by atoms with Crippen LogP contribution in [0.1, 0.15) is 0 Å². The van der Waals surface area contributed by atoms with Crippen LogP contribution in [0, 0.1) is 10.1 Å². The molecule has 0 saturated carbocycles. The number of hydrogen-bond donors (Lipinski definition) is 1. The second-order valence-electron chi connectivity index (χ2n) is 4.03. The van der Waals surface area contributed by atoms with Gasteiger partial charge in [0.2, 0.25) is 0 Å². The summed E-state index contributed by atoms with van der Waals surface area (Å²) < 4.78 is 7.35. The van der Waals surface area contributed by atoms with Crippen molar-refractivity contribution in [3.63, 3.8) is 0 Å². The van der Waals surface area contributed by atoms with Gasteiger partial charge in [-0.25, -0.2) is 0 Å². The van der Waals surface area contributed by atoms with Crippen molar-refractivity contribution in [2.75, 3.05) is 19.0 Å². The topological polar surface area (TPSA) is 82.2 Å². The zero-order valence-electron chi connectivity index (χ0n) is 10.7. The summed E-state index contributed by atoms with van der Waals surface area (Å²) >= 11 is 3.31. The van der Waals surface area contributed by atoms with Gasteiger partial charge in [0.15, 0.2) is 0 Å². The smallest absolute Gasteiger partial charge is 0.270 e. The van der Waals surface area contributed by atoms with Crippen molar-refractivity contribution in [2.45, 2.75) is 6.54 Å². The Hall–Kier alpha value is -1.93. The van der Waals surface area contributed by atoms with E-state index in [2.05, 4.69) is 26.3 Å². The maximum Gasteiger partial charge on any atom is 0.270 e. The molecule has 2 rings (SSSR count). The van der Waals surface area contributed by atoms with Gasteiger partial charge in [0, 0.05) is 29.9 Å². The van der Waals surface area contributed by atoms with Crippen LogP contribution in [-0.4, -0.2) is 28.4 Å². The third-order valence-corrected chi connectivity index (χ3v) is 3.26. The third-order valence-electron chi connectivity index (χ3n) is 2.60. The second-order valence-corrected chi connectivity index (χ2v) is 4.89. The van der Waals surface area contributed by atoms with E-state index in [1.807, 2.05) is 6.20 Å². The highest BCUT2D eigenvalue weighted by molar-refractivity contribution is 9.10. The molecule has 20 heavy (non-hydrogen) atoms. The molecule has 2 aromatic rings. The van der Waals surface area contributed by atoms with Gasteiger partial charge in [-0.2, -0.15) is 5.10 Å². The van der Waals surface area contributed by atoms with Gasteiger partial charge >= 0.3 is 0 Å². The van der Waals surface area contributed by atoms with Crippen molar-refractivity contribution in [3.8, 4) is 0 Å². The first-order chi connectivity index (χ1) is 9.60. The van der Waals surface area contributed by atoms with Gasteiger partial charge in [-0.1, -0.05) is 0 Å². The van der Waals surface area contributed by atoms with E-state index >= 15 is 0 Å². The standard InChI is InChI=1S/C12H13BrN4O3/c1-20-5-4-16-8-9(7-14-16)15-12-3-2-10(17(18)19)6-11(12)13/h2-3,6-8,15H,4-5H2,1H3. The molecule has 0 radical (unpaired) electrons. The lowest BCUT2D eigenvalue weighted by Gasteiger charge is -2.05. The quantitative estimate of drug-likeness (QED) is 0.645. The van der Waals surface area contributed by atoms with E-state index in [1.54, 1.807) is 24.1 Å². The molecule has 0 spiro atoms. The Morgan fingerprint density at radius 1 is 1.55 bits per heavy atom. The van der Waals surface area contributed by atoms with Gasteiger partial charge in [-0.15, -0.1) is 0 Å². The predicted octanol–water partition coefficient (Wildman–Crippen LogP) is 2.94. The van der Waals surface area contributed by atoms with Crippen LogP contribution in [0.2, 0.25) is 0 Å². The lowest BCUT2D eigenvalue weighted by Crippen LogP contribution is -2.03. The summed E-state index contributed by atoms with van der Waals surface area (Å²) in [5, 5.41) is 18.0. The van der Waals surface area contributed by atoms with E-state index in [0.29, 0.717) is 17.6 Å². The monoisotopic (exact) mass is 340 g/mol. The number of nitro groups is 1. The van der Waals surface area contributed by atoms with Crippen LogP contribution in [0.25, 0.3) is 0 Å². The van der Waals surface area contributed by atoms with Gasteiger partial charge in [-0.05, 0) is 22.0 Å². The molecule has 1 aromatic heterocycles. The number of aromatic nitrogens is 2. The average Bonchev–Trinajstić information content (AvgIpc) is 2.86. The minimum Gasteiger partial charge on any atom is -0.383 e. The minimum absolute atomic E-state index is 0.0400. The van der Waals surface area contributed by atoms with Crippen LogP contribution in [0.15, 0.2) is 35.1 Å². The Balaban J connectivity index is 2.09. The van der Waals surface area contributed by atoms with Crippen LogP contribution < -0.4 is 5.32 Å². The van der Waals surface area contributed by atoms with Crippen LogP contribution in [0.5, 0.6) is 0 Å². The average molecular weight is 341 g/mol. The molecule has 0 bridgehead atoms. The Kier molecular flexibility index (Phi) is 4.70. The first kappa shape index (κ1) is 14.5. The molecule has 0 aliphatic rings. The fourth-order valence-corrected chi connectivity index (χ4v) is 2.08. The zero-order chi connectivity index (χ0) is 14.5. The zero-order valence-corrected chi connectivity index (χ0v) is 12.3. The summed E-state index contributed by atoms with van der Waals surface area (Å²) in [5.41, 5.74) is 1.58. The number of non-ortho nitro benzene ring substituents is 1. The van der Waals surface area contributed by atoms with Crippen LogP contribution >= 0.6 is 15.9 Å². The Labute approximate surface area is 123 Å². The van der Waals surface area contributed by atoms with E-state index in [0.717, 1.165) is 11.4 Å². The number of halogens is 1. The maximum absolute atomic E-state index is 10.7. The first-order valence-electron chi connectivity index (χ1n) is 5.82. The number of nitrogens with zero attached hydrogens (tertiary/aromatic N) is 3. The molecule has 1 heterocycles. The first-order valence-corrected chi connectivity index (χ1v) is 6.62. The number of ether oxygens (including phenoxy) is 1. The molecule has 1 N–H and O–H groups in total. The van der Waals surface area contributed by atoms with Gasteiger partial charge < -0.3 is 10.1 Å². The van der Waals surface area contributed by atoms with Crippen LogP contribution in [0.4, 0.5) is 17.1 Å². The summed E-state index contributed by atoms with van der Waals surface area (Å²) in [6, 6.07) is 4.55. The molecule has 8 heteroatoms. The fourth-order valence-electron chi connectivity index (χ4n) is 1.61. The van der Waals surface area contributed by atoms with Crippen molar-refractivity contribution in [1.82, 2.24) is 9.78 Å². The van der Waals surface area contributed by atoms with Gasteiger partial charge in [0.25, 0.3) is 5.69 Å². The van der Waals surface area contributed by atoms with Crippen molar-refractivity contribution in [1.29, 1.82) is 0 Å². The highest BCUT2D eigenvalue weighted by atomic mass is 79.9. The molecule has 0 fully saturated rings. The van der Waals surface area contributed by atoms with Crippen molar-refractivity contribution < 1.29 is 9.66 Å². The Bertz CT molecular complexity index is 614.